The maximum absolute atomic E-state index is 13.0. The van der Waals surface area contributed by atoms with E-state index in [2.05, 4.69) is 21.9 Å². The Balaban J connectivity index is 1.37. The molecule has 0 atom stereocenters. The highest BCUT2D eigenvalue weighted by atomic mass is 32.2. The van der Waals surface area contributed by atoms with Crippen LogP contribution in [0.25, 0.3) is 5.82 Å². The maximum atomic E-state index is 13.0. The Kier molecular flexibility index (Phi) is 6.03. The van der Waals surface area contributed by atoms with Crippen molar-refractivity contribution in [1.82, 2.24) is 19.7 Å². The Bertz CT molecular complexity index is 1010. The number of amides is 1. The molecule has 1 aliphatic heterocycles. The van der Waals surface area contributed by atoms with Crippen molar-refractivity contribution in [1.29, 1.82) is 0 Å². The minimum atomic E-state index is -0.265. The molecule has 1 fully saturated rings. The van der Waals surface area contributed by atoms with Crippen LogP contribution in [-0.4, -0.2) is 57.5 Å². The van der Waals surface area contributed by atoms with Gasteiger partial charge in [0, 0.05) is 37.3 Å². The summed E-state index contributed by atoms with van der Waals surface area (Å²) >= 11 is 1.44. The Morgan fingerprint density at radius 2 is 1.80 bits per heavy atom. The summed E-state index contributed by atoms with van der Waals surface area (Å²) in [5.41, 5.74) is 3.14. The second-order valence-corrected chi connectivity index (χ2v) is 8.28. The van der Waals surface area contributed by atoms with E-state index < -0.39 is 0 Å². The molecule has 30 heavy (non-hydrogen) atoms. The number of aromatic nitrogens is 3. The quantitative estimate of drug-likeness (QED) is 0.586. The van der Waals surface area contributed by atoms with Crippen LogP contribution in [0.3, 0.4) is 0 Å². The van der Waals surface area contributed by atoms with Gasteiger partial charge in [-0.25, -0.2) is 14.1 Å². The van der Waals surface area contributed by atoms with Crippen molar-refractivity contribution in [2.24, 2.45) is 0 Å². The average Bonchev–Trinajstić information content (AvgIpc) is 3.08. The fourth-order valence-electron chi connectivity index (χ4n) is 3.74. The zero-order valence-corrected chi connectivity index (χ0v) is 17.9. The van der Waals surface area contributed by atoms with Gasteiger partial charge >= 0.3 is 0 Å². The molecular weight excluding hydrogens is 401 g/mol. The number of carbonyl (C=O) groups is 1. The first kappa shape index (κ1) is 20.4. The van der Waals surface area contributed by atoms with E-state index in [0.717, 1.165) is 40.9 Å². The summed E-state index contributed by atoms with van der Waals surface area (Å²) in [6.07, 6.45) is 1.76. The van der Waals surface area contributed by atoms with E-state index >= 15 is 0 Å². The second-order valence-electron chi connectivity index (χ2n) is 7.23. The molecule has 1 aromatic carbocycles. The van der Waals surface area contributed by atoms with Crippen LogP contribution in [0, 0.1) is 19.7 Å². The van der Waals surface area contributed by atoms with Gasteiger partial charge in [-0.05, 0) is 50.2 Å². The van der Waals surface area contributed by atoms with Gasteiger partial charge in [-0.3, -0.25) is 4.79 Å². The lowest BCUT2D eigenvalue weighted by molar-refractivity contribution is -0.128. The predicted octanol–water partition coefficient (Wildman–Crippen LogP) is 3.46. The Hall–Kier alpha value is -2.87. The molecule has 8 heteroatoms. The van der Waals surface area contributed by atoms with Gasteiger partial charge in [0.05, 0.1) is 22.8 Å². The molecule has 0 spiro atoms. The summed E-state index contributed by atoms with van der Waals surface area (Å²) in [6.45, 7) is 6.96. The molecule has 1 amide bonds. The highest BCUT2D eigenvalue weighted by Gasteiger charge is 2.25. The van der Waals surface area contributed by atoms with Gasteiger partial charge in [0.2, 0.25) is 5.91 Å². The molecule has 156 valence electrons. The number of pyridine rings is 1. The molecule has 0 bridgehead atoms. The first-order valence-corrected chi connectivity index (χ1v) is 10.9. The molecular formula is C22H24FN5OS. The first-order chi connectivity index (χ1) is 14.5. The van der Waals surface area contributed by atoms with Crippen molar-refractivity contribution in [3.63, 3.8) is 0 Å². The molecule has 1 aliphatic rings. The van der Waals surface area contributed by atoms with Crippen LogP contribution in [0.2, 0.25) is 0 Å². The Morgan fingerprint density at radius 3 is 2.47 bits per heavy atom. The van der Waals surface area contributed by atoms with E-state index in [1.807, 2.05) is 34.7 Å². The van der Waals surface area contributed by atoms with E-state index in [1.165, 1.54) is 23.9 Å². The average molecular weight is 426 g/mol. The molecule has 0 aliphatic carbocycles. The number of halogens is 1. The number of hydrogen-bond donors (Lipinski definition) is 0. The lowest BCUT2D eigenvalue weighted by Gasteiger charge is -2.36. The highest BCUT2D eigenvalue weighted by molar-refractivity contribution is 8.00. The van der Waals surface area contributed by atoms with Crippen LogP contribution >= 0.6 is 11.8 Å². The SMILES string of the molecule is Cc1nn(-c2ccccn2)c(C)c1N1CCN(C(=O)CSc2ccc(F)cc2)CC1. The Labute approximate surface area is 179 Å². The molecule has 0 N–H and O–H groups in total. The number of benzene rings is 1. The van der Waals surface area contributed by atoms with Crippen molar-refractivity contribution in [2.75, 3.05) is 36.8 Å². The molecule has 6 nitrogen and oxygen atoms in total. The fraction of sp³-hybridized carbons (Fsp3) is 0.318. The van der Waals surface area contributed by atoms with Crippen molar-refractivity contribution >= 4 is 23.4 Å². The van der Waals surface area contributed by atoms with Crippen molar-refractivity contribution in [3.8, 4) is 5.82 Å². The third-order valence-corrected chi connectivity index (χ3v) is 6.24. The summed E-state index contributed by atoms with van der Waals surface area (Å²) in [4.78, 5) is 22.1. The van der Waals surface area contributed by atoms with E-state index in [-0.39, 0.29) is 11.7 Å². The number of piperazine rings is 1. The minimum Gasteiger partial charge on any atom is -0.365 e. The van der Waals surface area contributed by atoms with Gasteiger partial charge in [-0.1, -0.05) is 6.07 Å². The normalized spacial score (nSPS) is 14.2. The van der Waals surface area contributed by atoms with Crippen LogP contribution in [0.1, 0.15) is 11.4 Å². The summed E-state index contributed by atoms with van der Waals surface area (Å²) in [5.74, 6) is 1.01. The Morgan fingerprint density at radius 1 is 1.07 bits per heavy atom. The first-order valence-electron chi connectivity index (χ1n) is 9.91. The molecule has 4 rings (SSSR count). The second kappa shape index (κ2) is 8.87. The summed E-state index contributed by atoms with van der Waals surface area (Å²) in [7, 11) is 0. The zero-order chi connectivity index (χ0) is 21.1. The molecule has 0 radical (unpaired) electrons. The number of anilines is 1. The monoisotopic (exact) mass is 425 g/mol. The van der Waals surface area contributed by atoms with Crippen LogP contribution in [-0.2, 0) is 4.79 Å². The lowest BCUT2D eigenvalue weighted by atomic mass is 10.2. The molecule has 1 saturated heterocycles. The largest absolute Gasteiger partial charge is 0.365 e. The third-order valence-electron chi connectivity index (χ3n) is 5.24. The van der Waals surface area contributed by atoms with Crippen LogP contribution in [0.4, 0.5) is 10.1 Å². The van der Waals surface area contributed by atoms with Gasteiger partial charge in [0.1, 0.15) is 5.82 Å². The van der Waals surface area contributed by atoms with Gasteiger partial charge in [0.25, 0.3) is 0 Å². The minimum absolute atomic E-state index is 0.113. The summed E-state index contributed by atoms with van der Waals surface area (Å²) in [6, 6.07) is 12.0. The van der Waals surface area contributed by atoms with E-state index in [4.69, 9.17) is 0 Å². The summed E-state index contributed by atoms with van der Waals surface area (Å²) < 4.78 is 14.9. The number of hydrogen-bond acceptors (Lipinski definition) is 5. The fourth-order valence-corrected chi connectivity index (χ4v) is 4.54. The van der Waals surface area contributed by atoms with Gasteiger partial charge < -0.3 is 9.80 Å². The van der Waals surface area contributed by atoms with Gasteiger partial charge in [0.15, 0.2) is 5.82 Å². The zero-order valence-electron chi connectivity index (χ0n) is 17.1. The molecule has 2 aromatic heterocycles. The predicted molar refractivity (Wildman–Crippen MR) is 117 cm³/mol. The molecule has 0 unspecified atom stereocenters. The number of carbonyl (C=O) groups excluding carboxylic acids is 1. The maximum Gasteiger partial charge on any atom is 0.233 e. The molecule has 3 aromatic rings. The number of thioether (sulfide) groups is 1. The van der Waals surface area contributed by atoms with Crippen molar-refractivity contribution in [2.45, 2.75) is 18.7 Å². The highest BCUT2D eigenvalue weighted by Crippen LogP contribution is 2.27. The van der Waals surface area contributed by atoms with E-state index in [9.17, 15) is 9.18 Å². The summed E-state index contributed by atoms with van der Waals surface area (Å²) in [5, 5.41) is 4.68. The van der Waals surface area contributed by atoms with Crippen molar-refractivity contribution in [3.05, 3.63) is 65.9 Å². The number of nitrogens with zero attached hydrogens (tertiary/aromatic N) is 5. The van der Waals surface area contributed by atoms with E-state index in [1.54, 1.807) is 18.3 Å². The third kappa shape index (κ3) is 4.33. The number of rotatable bonds is 5. The van der Waals surface area contributed by atoms with Crippen LogP contribution in [0.15, 0.2) is 53.6 Å². The number of aryl methyl sites for hydroxylation is 1. The topological polar surface area (TPSA) is 54.3 Å². The standard InChI is InChI=1S/C22H24FN5OS/c1-16-22(17(2)28(25-16)20-5-3-4-10-24-20)27-13-11-26(12-14-27)21(29)15-30-19-8-6-18(23)7-9-19/h3-10H,11-15H2,1-2H3. The van der Waals surface area contributed by atoms with Gasteiger partial charge in [-0.15, -0.1) is 11.8 Å². The van der Waals surface area contributed by atoms with E-state index in [0.29, 0.717) is 18.8 Å². The van der Waals surface area contributed by atoms with Crippen molar-refractivity contribution < 1.29 is 9.18 Å². The lowest BCUT2D eigenvalue weighted by Crippen LogP contribution is -2.49. The van der Waals surface area contributed by atoms with Crippen LogP contribution < -0.4 is 4.90 Å². The van der Waals surface area contributed by atoms with Gasteiger partial charge in [-0.2, -0.15) is 5.10 Å². The van der Waals surface area contributed by atoms with Crippen LogP contribution in [0.5, 0.6) is 0 Å². The smallest absolute Gasteiger partial charge is 0.233 e. The molecule has 0 saturated carbocycles. The molecule has 3 heterocycles.